The minimum Gasteiger partial charge on any atom is -0.493 e. The number of hydrogen-bond acceptors (Lipinski definition) is 6. The molecule has 6 heteroatoms. The Kier molecular flexibility index (Phi) is 5.10. The van der Waals surface area contributed by atoms with E-state index in [4.69, 9.17) is 28.4 Å². The Labute approximate surface area is 215 Å². The summed E-state index contributed by atoms with van der Waals surface area (Å²) in [5, 5.41) is 2.35. The molecule has 0 aromatic heterocycles. The first kappa shape index (κ1) is 22.5. The van der Waals surface area contributed by atoms with Crippen molar-refractivity contribution in [2.24, 2.45) is 0 Å². The van der Waals surface area contributed by atoms with E-state index in [1.807, 2.05) is 12.1 Å². The standard InChI is InChI=1S/C31H28O6/c1-32-20-12-10-18-22-16-8-5-6-9-17(16)23-19-11-13-21(33-2)29(35-4)25(19)31-27(23)26(22)30(24(18)28(20)34-3)36-14-7-15-37-31/h5-6,8-13,30-31H,7,14-15H2,1-4H3. The number of benzene rings is 4. The highest BCUT2D eigenvalue weighted by atomic mass is 16.5. The second-order valence-electron chi connectivity index (χ2n) is 9.50. The molecule has 37 heavy (non-hydrogen) atoms. The molecule has 0 saturated carbocycles. The molecule has 0 amide bonds. The summed E-state index contributed by atoms with van der Waals surface area (Å²) in [7, 11) is 6.72. The molecule has 0 bridgehead atoms. The quantitative estimate of drug-likeness (QED) is 0.324. The van der Waals surface area contributed by atoms with Crippen LogP contribution < -0.4 is 18.9 Å². The van der Waals surface area contributed by atoms with Crippen molar-refractivity contribution in [3.8, 4) is 45.3 Å². The zero-order chi connectivity index (χ0) is 25.3. The third-order valence-electron chi connectivity index (χ3n) is 7.91. The Balaban J connectivity index is 1.65. The van der Waals surface area contributed by atoms with Crippen LogP contribution in [0.4, 0.5) is 0 Å². The molecule has 4 aromatic rings. The maximum atomic E-state index is 6.67. The van der Waals surface area contributed by atoms with Gasteiger partial charge in [-0.2, -0.15) is 0 Å². The van der Waals surface area contributed by atoms with Gasteiger partial charge in [-0.25, -0.2) is 0 Å². The van der Waals surface area contributed by atoms with E-state index in [0.717, 1.165) is 39.8 Å². The second kappa shape index (κ2) is 8.40. The number of fused-ring (bicyclic) bond motifs is 9. The summed E-state index contributed by atoms with van der Waals surface area (Å²) in [6, 6.07) is 16.8. The van der Waals surface area contributed by atoms with Crippen LogP contribution in [-0.2, 0) is 9.47 Å². The van der Waals surface area contributed by atoms with Crippen molar-refractivity contribution < 1.29 is 28.4 Å². The van der Waals surface area contributed by atoms with E-state index in [9.17, 15) is 0 Å². The predicted octanol–water partition coefficient (Wildman–Crippen LogP) is 6.45. The first-order chi connectivity index (χ1) is 18.2. The molecule has 1 heterocycles. The fraction of sp³-hybridized carbons (Fsp3) is 0.290. The summed E-state index contributed by atoms with van der Waals surface area (Å²) in [6.45, 7) is 1.14. The van der Waals surface area contributed by atoms with E-state index in [0.29, 0.717) is 36.2 Å². The van der Waals surface area contributed by atoms with Gasteiger partial charge in [0, 0.05) is 22.3 Å². The Bertz CT molecular complexity index is 1460. The molecule has 0 spiro atoms. The van der Waals surface area contributed by atoms with Gasteiger partial charge in [0.15, 0.2) is 23.0 Å². The zero-order valence-corrected chi connectivity index (χ0v) is 21.3. The predicted molar refractivity (Wildman–Crippen MR) is 141 cm³/mol. The Morgan fingerprint density at radius 3 is 1.43 bits per heavy atom. The molecule has 7 rings (SSSR count). The van der Waals surface area contributed by atoms with Crippen molar-refractivity contribution in [2.45, 2.75) is 18.6 Å². The van der Waals surface area contributed by atoms with Crippen LogP contribution in [0.2, 0.25) is 0 Å². The van der Waals surface area contributed by atoms with E-state index in [-0.39, 0.29) is 12.2 Å². The second-order valence-corrected chi connectivity index (χ2v) is 9.50. The maximum Gasteiger partial charge on any atom is 0.167 e. The summed E-state index contributed by atoms with van der Waals surface area (Å²) in [6.07, 6.45) is 0.161. The third kappa shape index (κ3) is 2.88. The fourth-order valence-corrected chi connectivity index (χ4v) is 6.55. The summed E-state index contributed by atoms with van der Waals surface area (Å²) >= 11 is 0. The average Bonchev–Trinajstić information content (AvgIpc) is 3.46. The molecule has 2 unspecified atom stereocenters. The highest BCUT2D eigenvalue weighted by molar-refractivity contribution is 6.12. The lowest BCUT2D eigenvalue weighted by Crippen LogP contribution is -2.09. The molecule has 0 saturated heterocycles. The van der Waals surface area contributed by atoms with E-state index >= 15 is 0 Å². The lowest BCUT2D eigenvalue weighted by Gasteiger charge is -2.22. The van der Waals surface area contributed by atoms with Gasteiger partial charge >= 0.3 is 0 Å². The Morgan fingerprint density at radius 1 is 0.568 bits per heavy atom. The molecule has 0 fully saturated rings. The topological polar surface area (TPSA) is 55.4 Å². The summed E-state index contributed by atoms with van der Waals surface area (Å²) < 4.78 is 36.6. The fourth-order valence-electron chi connectivity index (χ4n) is 6.55. The largest absolute Gasteiger partial charge is 0.493 e. The number of hydrogen-bond donors (Lipinski definition) is 0. The molecule has 2 atom stereocenters. The minimum absolute atomic E-state index is 0.306. The van der Waals surface area contributed by atoms with Crippen molar-refractivity contribution >= 4 is 10.8 Å². The van der Waals surface area contributed by atoms with Gasteiger partial charge in [0.1, 0.15) is 12.2 Å². The molecule has 188 valence electrons. The van der Waals surface area contributed by atoms with Crippen LogP contribution >= 0.6 is 0 Å². The van der Waals surface area contributed by atoms with E-state index < -0.39 is 0 Å². The van der Waals surface area contributed by atoms with Crippen LogP contribution in [0.5, 0.6) is 23.0 Å². The monoisotopic (exact) mass is 496 g/mol. The molecule has 6 nitrogen and oxygen atoms in total. The average molecular weight is 497 g/mol. The number of ether oxygens (including phenoxy) is 6. The summed E-state index contributed by atoms with van der Waals surface area (Å²) in [4.78, 5) is 0. The lowest BCUT2D eigenvalue weighted by atomic mass is 9.88. The first-order valence-corrected chi connectivity index (χ1v) is 12.6. The van der Waals surface area contributed by atoms with E-state index in [1.165, 1.54) is 21.9 Å². The Morgan fingerprint density at radius 2 is 1.03 bits per heavy atom. The molecule has 2 aliphatic carbocycles. The van der Waals surface area contributed by atoms with Crippen molar-refractivity contribution in [3.05, 3.63) is 70.8 Å². The van der Waals surface area contributed by atoms with Crippen molar-refractivity contribution in [3.63, 3.8) is 0 Å². The van der Waals surface area contributed by atoms with E-state index in [1.54, 1.807) is 28.4 Å². The zero-order valence-electron chi connectivity index (χ0n) is 21.3. The third-order valence-corrected chi connectivity index (χ3v) is 7.91. The summed E-state index contributed by atoms with van der Waals surface area (Å²) in [5.41, 5.74) is 8.86. The molecule has 4 aromatic carbocycles. The van der Waals surface area contributed by atoms with E-state index in [2.05, 4.69) is 36.4 Å². The van der Waals surface area contributed by atoms with Crippen molar-refractivity contribution in [1.82, 2.24) is 0 Å². The van der Waals surface area contributed by atoms with Crippen LogP contribution in [0.1, 0.15) is 40.9 Å². The van der Waals surface area contributed by atoms with Crippen LogP contribution in [0.25, 0.3) is 33.0 Å². The Hall–Kier alpha value is -3.74. The SMILES string of the molecule is COc1ccc2c(c1OC)C1OCCCOC3c4c(ccc(OC)c4OC)-c4c3c1c-2c1ccccc41. The van der Waals surface area contributed by atoms with Gasteiger partial charge in [-0.3, -0.25) is 0 Å². The highest BCUT2D eigenvalue weighted by Crippen LogP contribution is 2.63. The molecule has 3 aliphatic rings. The van der Waals surface area contributed by atoms with Gasteiger partial charge < -0.3 is 28.4 Å². The smallest absolute Gasteiger partial charge is 0.167 e. The van der Waals surface area contributed by atoms with Crippen LogP contribution in [-0.4, -0.2) is 41.7 Å². The number of methoxy groups -OCH3 is 4. The van der Waals surface area contributed by atoms with Gasteiger partial charge in [0.2, 0.25) is 0 Å². The van der Waals surface area contributed by atoms with Gasteiger partial charge in [-0.1, -0.05) is 24.3 Å². The molecular weight excluding hydrogens is 468 g/mol. The van der Waals surface area contributed by atoms with Crippen molar-refractivity contribution in [2.75, 3.05) is 41.7 Å². The van der Waals surface area contributed by atoms with Crippen molar-refractivity contribution in [1.29, 1.82) is 0 Å². The molecular formula is C31H28O6. The molecule has 0 N–H and O–H groups in total. The van der Waals surface area contributed by atoms with Gasteiger partial charge in [0.05, 0.1) is 41.7 Å². The first-order valence-electron chi connectivity index (χ1n) is 12.6. The van der Waals surface area contributed by atoms with Gasteiger partial charge in [-0.15, -0.1) is 0 Å². The maximum absolute atomic E-state index is 6.67. The summed E-state index contributed by atoms with van der Waals surface area (Å²) in [5.74, 6) is 2.82. The lowest BCUT2D eigenvalue weighted by molar-refractivity contribution is 0.0476. The minimum atomic E-state index is -0.306. The molecule has 0 radical (unpaired) electrons. The number of rotatable bonds is 4. The van der Waals surface area contributed by atoms with Gasteiger partial charge in [-0.05, 0) is 63.7 Å². The normalized spacial score (nSPS) is 18.8. The van der Waals surface area contributed by atoms with Crippen LogP contribution in [0.3, 0.4) is 0 Å². The highest BCUT2D eigenvalue weighted by Gasteiger charge is 2.45. The molecule has 1 aliphatic heterocycles. The van der Waals surface area contributed by atoms with Gasteiger partial charge in [0.25, 0.3) is 0 Å². The van der Waals surface area contributed by atoms with Crippen LogP contribution in [0, 0.1) is 0 Å². The van der Waals surface area contributed by atoms with Crippen LogP contribution in [0.15, 0.2) is 48.5 Å².